The van der Waals surface area contributed by atoms with Crippen LogP contribution < -0.4 is 20.1 Å². The number of pyridine rings is 1. The number of hydrogen-bond acceptors (Lipinski definition) is 5. The molecule has 7 nitrogen and oxygen atoms in total. The molecule has 0 aliphatic carbocycles. The molecule has 4 rings (SSSR count). The molecule has 0 atom stereocenters. The summed E-state index contributed by atoms with van der Waals surface area (Å²) in [6, 6.07) is 15.2. The summed E-state index contributed by atoms with van der Waals surface area (Å²) in [4.78, 5) is 29.2. The molecule has 2 N–H and O–H groups in total. The second-order valence-electron chi connectivity index (χ2n) is 5.78. The Bertz CT molecular complexity index is 1050. The van der Waals surface area contributed by atoms with Crippen LogP contribution >= 0.6 is 0 Å². The molecule has 1 aliphatic rings. The Morgan fingerprint density at radius 3 is 2.85 bits per heavy atom. The van der Waals surface area contributed by atoms with Gasteiger partial charge in [-0.3, -0.25) is 9.59 Å². The molecule has 0 fully saturated rings. The maximum atomic E-state index is 12.6. The minimum Gasteiger partial charge on any atom is -0.496 e. The van der Waals surface area contributed by atoms with Gasteiger partial charge in [-0.25, -0.2) is 4.98 Å². The van der Waals surface area contributed by atoms with E-state index in [4.69, 9.17) is 9.47 Å². The Morgan fingerprint density at radius 2 is 2.00 bits per heavy atom. The molecule has 0 saturated heterocycles. The normalized spacial score (nSPS) is 12.0. The van der Waals surface area contributed by atoms with Crippen LogP contribution in [0.25, 0.3) is 0 Å². The third kappa shape index (κ3) is 3.18. The van der Waals surface area contributed by atoms with Crippen LogP contribution in [-0.2, 0) is 0 Å². The zero-order chi connectivity index (χ0) is 18.8. The molecule has 2 amide bonds. The Balaban J connectivity index is 1.63. The van der Waals surface area contributed by atoms with Crippen molar-refractivity contribution < 1.29 is 19.1 Å². The van der Waals surface area contributed by atoms with Crippen LogP contribution in [0.4, 0.5) is 11.4 Å². The highest BCUT2D eigenvalue weighted by molar-refractivity contribution is 6.10. The summed E-state index contributed by atoms with van der Waals surface area (Å²) >= 11 is 0. The van der Waals surface area contributed by atoms with Gasteiger partial charge in [-0.05, 0) is 42.5 Å². The number of anilines is 2. The molecule has 7 heteroatoms. The van der Waals surface area contributed by atoms with Crippen molar-refractivity contribution in [2.45, 2.75) is 0 Å². The molecule has 1 aliphatic heterocycles. The van der Waals surface area contributed by atoms with Crippen LogP contribution in [-0.4, -0.2) is 23.9 Å². The Hall–Kier alpha value is -3.87. The first-order valence-electron chi connectivity index (χ1n) is 8.18. The third-order valence-electron chi connectivity index (χ3n) is 4.06. The van der Waals surface area contributed by atoms with Gasteiger partial charge in [0.2, 0.25) is 5.88 Å². The average molecular weight is 361 g/mol. The van der Waals surface area contributed by atoms with Gasteiger partial charge in [0, 0.05) is 11.9 Å². The number of rotatable bonds is 3. The maximum Gasteiger partial charge on any atom is 0.259 e. The lowest BCUT2D eigenvalue weighted by Gasteiger charge is -2.11. The molecule has 0 bridgehead atoms. The SMILES string of the molecule is COc1ccccc1C(=O)Nc1ccc2c(c1)C(=O)Nc1cccnc1O2. The van der Waals surface area contributed by atoms with Crippen LogP contribution in [0.5, 0.6) is 17.4 Å². The number of carbonyl (C=O) groups is 2. The van der Waals surface area contributed by atoms with E-state index in [-0.39, 0.29) is 11.8 Å². The molecule has 0 radical (unpaired) electrons. The van der Waals surface area contributed by atoms with Gasteiger partial charge in [0.15, 0.2) is 0 Å². The fraction of sp³-hybridized carbons (Fsp3) is 0.0500. The van der Waals surface area contributed by atoms with Gasteiger partial charge in [0.05, 0.1) is 18.2 Å². The zero-order valence-corrected chi connectivity index (χ0v) is 14.4. The number of amides is 2. The molecule has 3 aromatic rings. The fourth-order valence-corrected chi connectivity index (χ4v) is 2.77. The Labute approximate surface area is 155 Å². The van der Waals surface area contributed by atoms with Crippen LogP contribution in [0.1, 0.15) is 20.7 Å². The number of nitrogens with one attached hydrogen (secondary N) is 2. The summed E-state index contributed by atoms with van der Waals surface area (Å²) in [5.41, 5.74) is 1.64. The van der Waals surface area contributed by atoms with Crippen molar-refractivity contribution in [1.29, 1.82) is 0 Å². The monoisotopic (exact) mass is 361 g/mol. The number of fused-ring (bicyclic) bond motifs is 2. The van der Waals surface area contributed by atoms with Crippen molar-refractivity contribution in [2.24, 2.45) is 0 Å². The summed E-state index contributed by atoms with van der Waals surface area (Å²) in [5, 5.41) is 5.52. The van der Waals surface area contributed by atoms with Crippen molar-refractivity contribution in [3.05, 3.63) is 71.9 Å². The van der Waals surface area contributed by atoms with E-state index in [1.54, 1.807) is 60.8 Å². The summed E-state index contributed by atoms with van der Waals surface area (Å²) in [5.74, 6) is 0.459. The van der Waals surface area contributed by atoms with E-state index in [9.17, 15) is 9.59 Å². The summed E-state index contributed by atoms with van der Waals surface area (Å²) in [6.45, 7) is 0. The highest BCUT2D eigenvalue weighted by atomic mass is 16.5. The predicted molar refractivity (Wildman–Crippen MR) is 99.7 cm³/mol. The Morgan fingerprint density at radius 1 is 1.15 bits per heavy atom. The molecule has 134 valence electrons. The third-order valence-corrected chi connectivity index (χ3v) is 4.06. The summed E-state index contributed by atoms with van der Waals surface area (Å²) in [7, 11) is 1.50. The fourth-order valence-electron chi connectivity index (χ4n) is 2.77. The van der Waals surface area contributed by atoms with Gasteiger partial charge < -0.3 is 20.1 Å². The molecular weight excluding hydrogens is 346 g/mol. The number of benzene rings is 2. The highest BCUT2D eigenvalue weighted by Crippen LogP contribution is 2.35. The lowest BCUT2D eigenvalue weighted by molar-refractivity contribution is 0.101. The molecule has 1 aromatic heterocycles. The lowest BCUT2D eigenvalue weighted by Crippen LogP contribution is -2.15. The quantitative estimate of drug-likeness (QED) is 0.742. The van der Waals surface area contributed by atoms with E-state index >= 15 is 0 Å². The van der Waals surface area contributed by atoms with E-state index in [0.29, 0.717) is 39.9 Å². The Kier molecular flexibility index (Phi) is 4.18. The molecule has 2 aromatic carbocycles. The second-order valence-corrected chi connectivity index (χ2v) is 5.78. The number of carbonyl (C=O) groups excluding carboxylic acids is 2. The van der Waals surface area contributed by atoms with Gasteiger partial charge in [0.25, 0.3) is 11.8 Å². The van der Waals surface area contributed by atoms with Gasteiger partial charge in [0.1, 0.15) is 17.2 Å². The molecule has 27 heavy (non-hydrogen) atoms. The largest absolute Gasteiger partial charge is 0.496 e. The smallest absolute Gasteiger partial charge is 0.259 e. The average Bonchev–Trinajstić information content (AvgIpc) is 2.83. The van der Waals surface area contributed by atoms with E-state index < -0.39 is 0 Å². The molecule has 0 unspecified atom stereocenters. The maximum absolute atomic E-state index is 12.6. The minimum absolute atomic E-state index is 0.297. The van der Waals surface area contributed by atoms with Crippen LogP contribution in [0.2, 0.25) is 0 Å². The van der Waals surface area contributed by atoms with Crippen LogP contribution in [0.15, 0.2) is 60.8 Å². The summed E-state index contributed by atoms with van der Waals surface area (Å²) < 4.78 is 10.9. The first-order valence-corrected chi connectivity index (χ1v) is 8.18. The first kappa shape index (κ1) is 16.6. The van der Waals surface area contributed by atoms with Crippen molar-refractivity contribution in [3.8, 4) is 17.4 Å². The van der Waals surface area contributed by atoms with Crippen molar-refractivity contribution in [3.63, 3.8) is 0 Å². The lowest BCUT2D eigenvalue weighted by atomic mass is 10.1. The van der Waals surface area contributed by atoms with Crippen LogP contribution in [0, 0.1) is 0 Å². The van der Waals surface area contributed by atoms with Crippen molar-refractivity contribution in [2.75, 3.05) is 17.7 Å². The minimum atomic E-state index is -0.342. The standard InChI is InChI=1S/C20H15N3O4/c1-26-16-7-3-2-5-13(16)18(24)22-12-8-9-17-14(11-12)19(25)23-15-6-4-10-21-20(15)27-17/h2-11H,1H3,(H,22,24)(H,23,25). The number of para-hydroxylation sites is 1. The van der Waals surface area contributed by atoms with Gasteiger partial charge in [-0.2, -0.15) is 0 Å². The number of ether oxygens (including phenoxy) is 2. The van der Waals surface area contributed by atoms with Gasteiger partial charge >= 0.3 is 0 Å². The van der Waals surface area contributed by atoms with Gasteiger partial charge in [-0.15, -0.1) is 0 Å². The van der Waals surface area contributed by atoms with Crippen molar-refractivity contribution in [1.82, 2.24) is 4.98 Å². The number of hydrogen-bond donors (Lipinski definition) is 2. The number of methoxy groups -OCH3 is 1. The van der Waals surface area contributed by atoms with Gasteiger partial charge in [-0.1, -0.05) is 12.1 Å². The second kappa shape index (κ2) is 6.80. The van der Waals surface area contributed by atoms with Crippen LogP contribution in [0.3, 0.4) is 0 Å². The molecule has 0 saturated carbocycles. The van der Waals surface area contributed by atoms with E-state index in [2.05, 4.69) is 15.6 Å². The first-order chi connectivity index (χ1) is 13.2. The molecule has 0 spiro atoms. The highest BCUT2D eigenvalue weighted by Gasteiger charge is 2.22. The predicted octanol–water partition coefficient (Wildman–Crippen LogP) is 3.70. The zero-order valence-electron chi connectivity index (χ0n) is 14.4. The molecule has 2 heterocycles. The topological polar surface area (TPSA) is 89.5 Å². The van der Waals surface area contributed by atoms with E-state index in [1.165, 1.54) is 7.11 Å². The summed E-state index contributed by atoms with van der Waals surface area (Å²) in [6.07, 6.45) is 1.58. The van der Waals surface area contributed by atoms with E-state index in [1.807, 2.05) is 0 Å². The number of nitrogens with zero attached hydrogens (tertiary/aromatic N) is 1. The molecular formula is C20H15N3O4. The van der Waals surface area contributed by atoms with E-state index in [0.717, 1.165) is 0 Å². The van der Waals surface area contributed by atoms with Crippen molar-refractivity contribution >= 4 is 23.2 Å². The number of aromatic nitrogens is 1.